The molecule has 1 aromatic heterocycles. The monoisotopic (exact) mass is 305 g/mol. The molecule has 4 heteroatoms. The second-order valence-corrected chi connectivity index (χ2v) is 5.66. The smallest absolute Gasteiger partial charge is 0.261 e. The van der Waals surface area contributed by atoms with Crippen LogP contribution in [0.3, 0.4) is 0 Å². The number of carbonyl (C=O) groups excluding carboxylic acids is 2. The van der Waals surface area contributed by atoms with E-state index in [1.54, 1.807) is 24.3 Å². The van der Waals surface area contributed by atoms with Gasteiger partial charge in [-0.15, -0.1) is 0 Å². The van der Waals surface area contributed by atoms with Gasteiger partial charge in [-0.3, -0.25) is 14.5 Å². The van der Waals surface area contributed by atoms with Gasteiger partial charge in [-0.2, -0.15) is 0 Å². The van der Waals surface area contributed by atoms with Crippen molar-refractivity contribution >= 4 is 22.8 Å². The highest BCUT2D eigenvalue weighted by Crippen LogP contribution is 2.24. The molecule has 1 aliphatic heterocycles. The van der Waals surface area contributed by atoms with Crippen molar-refractivity contribution in [1.29, 1.82) is 0 Å². The number of hydrogen-bond acceptors (Lipinski definition) is 3. The number of hydrogen-bond donors (Lipinski definition) is 0. The number of imide groups is 1. The second-order valence-electron chi connectivity index (χ2n) is 5.66. The third-order valence-corrected chi connectivity index (χ3v) is 4.16. The maximum absolute atomic E-state index is 12.3. The van der Waals surface area contributed by atoms with E-state index in [1.807, 2.05) is 30.3 Å². The zero-order valence-corrected chi connectivity index (χ0v) is 12.5. The Bertz CT molecular complexity index is 842. The fraction of sp³-hybridized carbons (Fsp3) is 0.158. The lowest BCUT2D eigenvalue weighted by atomic mass is 10.1. The van der Waals surface area contributed by atoms with E-state index < -0.39 is 0 Å². The van der Waals surface area contributed by atoms with E-state index in [2.05, 4.69) is 0 Å². The molecule has 0 saturated carbocycles. The molecule has 0 bridgehead atoms. The summed E-state index contributed by atoms with van der Waals surface area (Å²) in [7, 11) is 0. The van der Waals surface area contributed by atoms with Crippen molar-refractivity contribution in [2.24, 2.45) is 0 Å². The third-order valence-electron chi connectivity index (χ3n) is 4.16. The first kappa shape index (κ1) is 13.8. The lowest BCUT2D eigenvalue weighted by molar-refractivity contribution is 0.0652. The Morgan fingerprint density at radius 2 is 1.52 bits per heavy atom. The minimum absolute atomic E-state index is 0.199. The highest BCUT2D eigenvalue weighted by molar-refractivity contribution is 6.21. The molecule has 0 saturated heterocycles. The van der Waals surface area contributed by atoms with Gasteiger partial charge < -0.3 is 4.42 Å². The number of aryl methyl sites for hydroxylation is 1. The molecular formula is C19H15NO3. The van der Waals surface area contributed by atoms with Crippen LogP contribution in [0.2, 0.25) is 0 Å². The summed E-state index contributed by atoms with van der Waals surface area (Å²) < 4.78 is 5.76. The van der Waals surface area contributed by atoms with E-state index in [-0.39, 0.29) is 11.8 Å². The minimum Gasteiger partial charge on any atom is -0.461 e. The van der Waals surface area contributed by atoms with Crippen LogP contribution in [0.1, 0.15) is 32.9 Å². The van der Waals surface area contributed by atoms with Crippen LogP contribution >= 0.6 is 0 Å². The molecule has 2 heterocycles. The molecule has 0 aliphatic carbocycles. The van der Waals surface area contributed by atoms with E-state index >= 15 is 0 Å². The van der Waals surface area contributed by atoms with Crippen LogP contribution in [0, 0.1) is 0 Å². The average molecular weight is 305 g/mol. The molecule has 0 spiro atoms. The molecule has 0 radical (unpaired) electrons. The predicted octanol–water partition coefficient (Wildman–Crippen LogP) is 3.66. The van der Waals surface area contributed by atoms with E-state index in [9.17, 15) is 9.59 Å². The van der Waals surface area contributed by atoms with Gasteiger partial charge in [-0.25, -0.2) is 0 Å². The van der Waals surface area contributed by atoms with Crippen molar-refractivity contribution in [1.82, 2.24) is 4.90 Å². The van der Waals surface area contributed by atoms with Gasteiger partial charge in [0.05, 0.1) is 11.1 Å². The van der Waals surface area contributed by atoms with Crippen molar-refractivity contribution in [3.05, 3.63) is 71.5 Å². The SMILES string of the molecule is O=C1c2ccccc2C(=O)N1CCCc1cc2ccccc2o1. The number of benzene rings is 2. The van der Waals surface area contributed by atoms with E-state index in [1.165, 1.54) is 4.90 Å². The Labute approximate surface area is 133 Å². The fourth-order valence-corrected chi connectivity index (χ4v) is 3.01. The first-order valence-corrected chi connectivity index (χ1v) is 7.67. The van der Waals surface area contributed by atoms with E-state index in [4.69, 9.17) is 4.42 Å². The zero-order valence-electron chi connectivity index (χ0n) is 12.5. The molecule has 4 nitrogen and oxygen atoms in total. The lowest BCUT2D eigenvalue weighted by Gasteiger charge is -2.12. The summed E-state index contributed by atoms with van der Waals surface area (Å²) in [6, 6.07) is 16.8. The van der Waals surface area contributed by atoms with Gasteiger partial charge in [0.25, 0.3) is 11.8 Å². The fourth-order valence-electron chi connectivity index (χ4n) is 3.01. The average Bonchev–Trinajstić information content (AvgIpc) is 3.09. The van der Waals surface area contributed by atoms with Gasteiger partial charge >= 0.3 is 0 Å². The Morgan fingerprint density at radius 3 is 2.22 bits per heavy atom. The number of amides is 2. The highest BCUT2D eigenvalue weighted by Gasteiger charge is 2.34. The standard InChI is InChI=1S/C19H15NO3/c21-18-15-8-2-3-9-16(15)19(22)20(18)11-5-7-14-12-13-6-1-4-10-17(13)23-14/h1-4,6,8-10,12H,5,7,11H2. The van der Waals surface area contributed by atoms with Crippen molar-refractivity contribution in [2.75, 3.05) is 6.54 Å². The number of para-hydroxylation sites is 1. The summed E-state index contributed by atoms with van der Waals surface area (Å²) >= 11 is 0. The van der Waals surface area contributed by atoms with Gasteiger partial charge in [-0.1, -0.05) is 30.3 Å². The van der Waals surface area contributed by atoms with Gasteiger partial charge in [0.15, 0.2) is 0 Å². The Hall–Kier alpha value is -2.88. The maximum Gasteiger partial charge on any atom is 0.261 e. The molecule has 0 N–H and O–H groups in total. The van der Waals surface area contributed by atoms with Gasteiger partial charge in [-0.05, 0) is 30.7 Å². The summed E-state index contributed by atoms with van der Waals surface area (Å²) in [5, 5.41) is 1.07. The molecule has 0 fully saturated rings. The van der Waals surface area contributed by atoms with Crippen LogP contribution in [0.15, 0.2) is 59.0 Å². The number of furan rings is 1. The van der Waals surface area contributed by atoms with Crippen LogP contribution < -0.4 is 0 Å². The van der Waals surface area contributed by atoms with Crippen molar-refractivity contribution < 1.29 is 14.0 Å². The van der Waals surface area contributed by atoms with Crippen LogP contribution in [0.5, 0.6) is 0 Å². The number of rotatable bonds is 4. The van der Waals surface area contributed by atoms with Crippen molar-refractivity contribution in [3.63, 3.8) is 0 Å². The molecule has 4 rings (SSSR count). The van der Waals surface area contributed by atoms with Crippen molar-refractivity contribution in [3.8, 4) is 0 Å². The molecule has 1 aliphatic rings. The Kier molecular flexibility index (Phi) is 3.23. The van der Waals surface area contributed by atoms with Crippen molar-refractivity contribution in [2.45, 2.75) is 12.8 Å². The molecule has 3 aromatic rings. The van der Waals surface area contributed by atoms with Crippen LogP contribution in [0.25, 0.3) is 11.0 Å². The Balaban J connectivity index is 1.44. The summed E-state index contributed by atoms with van der Waals surface area (Å²) in [6.07, 6.45) is 1.38. The van der Waals surface area contributed by atoms with Gasteiger partial charge in [0, 0.05) is 18.4 Å². The molecule has 23 heavy (non-hydrogen) atoms. The van der Waals surface area contributed by atoms with Crippen LogP contribution in [-0.4, -0.2) is 23.3 Å². The molecule has 114 valence electrons. The number of fused-ring (bicyclic) bond motifs is 2. The quantitative estimate of drug-likeness (QED) is 0.691. The first-order chi connectivity index (χ1) is 11.2. The summed E-state index contributed by atoms with van der Waals surface area (Å²) in [5.74, 6) is 0.480. The van der Waals surface area contributed by atoms with Gasteiger partial charge in [0.2, 0.25) is 0 Å². The first-order valence-electron chi connectivity index (χ1n) is 7.67. The molecule has 2 aromatic carbocycles. The maximum atomic E-state index is 12.3. The highest BCUT2D eigenvalue weighted by atomic mass is 16.3. The topological polar surface area (TPSA) is 50.5 Å². The van der Waals surface area contributed by atoms with Crippen LogP contribution in [0.4, 0.5) is 0 Å². The van der Waals surface area contributed by atoms with E-state index in [0.717, 1.165) is 16.7 Å². The second kappa shape index (κ2) is 5.39. The largest absolute Gasteiger partial charge is 0.461 e. The zero-order chi connectivity index (χ0) is 15.8. The predicted molar refractivity (Wildman–Crippen MR) is 86.3 cm³/mol. The molecular weight excluding hydrogens is 290 g/mol. The lowest BCUT2D eigenvalue weighted by Crippen LogP contribution is -2.30. The van der Waals surface area contributed by atoms with E-state index in [0.29, 0.717) is 30.5 Å². The number of carbonyl (C=O) groups is 2. The summed E-state index contributed by atoms with van der Waals surface area (Å²) in [5.41, 5.74) is 1.87. The third kappa shape index (κ3) is 2.32. The molecule has 0 atom stereocenters. The Morgan fingerprint density at radius 1 is 0.870 bits per heavy atom. The summed E-state index contributed by atoms with van der Waals surface area (Å²) in [4.78, 5) is 25.9. The molecule has 2 amide bonds. The normalized spacial score (nSPS) is 13.8. The molecule has 0 unspecified atom stereocenters. The van der Waals surface area contributed by atoms with Gasteiger partial charge in [0.1, 0.15) is 11.3 Å². The summed E-state index contributed by atoms with van der Waals surface area (Å²) in [6.45, 7) is 0.406. The minimum atomic E-state index is -0.199. The number of nitrogens with zero attached hydrogens (tertiary/aromatic N) is 1. The van der Waals surface area contributed by atoms with Crippen LogP contribution in [-0.2, 0) is 6.42 Å².